The molecule has 3 rings (SSSR count). The number of carbonyl (C=O) groups excluding carboxylic acids is 1. The second-order valence-corrected chi connectivity index (χ2v) is 5.98. The molecule has 4 nitrogen and oxygen atoms in total. The fourth-order valence-corrected chi connectivity index (χ4v) is 2.91. The summed E-state index contributed by atoms with van der Waals surface area (Å²) < 4.78 is 0. The van der Waals surface area contributed by atoms with E-state index < -0.39 is 0 Å². The molecule has 0 spiro atoms. The van der Waals surface area contributed by atoms with Gasteiger partial charge < -0.3 is 15.5 Å². The van der Waals surface area contributed by atoms with Crippen molar-refractivity contribution in [3.63, 3.8) is 0 Å². The Hall–Kier alpha value is -2.49. The van der Waals surface area contributed by atoms with Gasteiger partial charge in [0.25, 0.3) is 0 Å². The third-order valence-electron chi connectivity index (χ3n) is 4.08. The number of anilines is 4. The van der Waals surface area contributed by atoms with Crippen molar-refractivity contribution < 1.29 is 4.79 Å². The van der Waals surface area contributed by atoms with Crippen LogP contribution in [0.3, 0.4) is 0 Å². The molecule has 0 radical (unpaired) electrons. The molecule has 23 heavy (non-hydrogen) atoms. The van der Waals surface area contributed by atoms with E-state index in [9.17, 15) is 4.79 Å². The largest absolute Gasteiger partial charge is 0.372 e. The van der Waals surface area contributed by atoms with Gasteiger partial charge in [-0.15, -0.1) is 0 Å². The molecule has 120 valence electrons. The summed E-state index contributed by atoms with van der Waals surface area (Å²) in [5.41, 5.74) is 4.18. The molecule has 1 fully saturated rings. The highest BCUT2D eigenvalue weighted by Gasteiger charge is 2.10. The fourth-order valence-electron chi connectivity index (χ4n) is 2.91. The molecule has 1 saturated heterocycles. The number of nitrogens with one attached hydrogen (secondary N) is 2. The SMILES string of the molecule is CC(=O)Nc1ccc(Nc2ccc(N3CCCCC3)cc2)cc1. The monoisotopic (exact) mass is 309 g/mol. The van der Waals surface area contributed by atoms with Crippen molar-refractivity contribution in [1.82, 2.24) is 0 Å². The lowest BCUT2D eigenvalue weighted by Gasteiger charge is -2.28. The number of benzene rings is 2. The average Bonchev–Trinajstić information content (AvgIpc) is 2.58. The summed E-state index contributed by atoms with van der Waals surface area (Å²) in [6.45, 7) is 3.84. The zero-order valence-electron chi connectivity index (χ0n) is 13.5. The number of hydrogen-bond acceptors (Lipinski definition) is 3. The Kier molecular flexibility index (Phi) is 4.81. The minimum atomic E-state index is -0.0565. The minimum absolute atomic E-state index is 0.0565. The first kappa shape index (κ1) is 15.4. The summed E-state index contributed by atoms with van der Waals surface area (Å²) in [6.07, 6.45) is 3.94. The van der Waals surface area contributed by atoms with E-state index in [1.165, 1.54) is 31.9 Å². The molecule has 0 bridgehead atoms. The molecule has 1 aliphatic heterocycles. The van der Waals surface area contributed by atoms with Gasteiger partial charge in [0.15, 0.2) is 0 Å². The highest BCUT2D eigenvalue weighted by molar-refractivity contribution is 5.88. The Balaban J connectivity index is 1.62. The van der Waals surface area contributed by atoms with Gasteiger partial charge in [0.1, 0.15) is 0 Å². The summed E-state index contributed by atoms with van der Waals surface area (Å²) in [6, 6.07) is 16.3. The molecule has 0 unspecified atom stereocenters. The van der Waals surface area contributed by atoms with Crippen LogP contribution in [-0.4, -0.2) is 19.0 Å². The van der Waals surface area contributed by atoms with Gasteiger partial charge in [-0.3, -0.25) is 4.79 Å². The van der Waals surface area contributed by atoms with Crippen molar-refractivity contribution >= 4 is 28.7 Å². The van der Waals surface area contributed by atoms with E-state index in [4.69, 9.17) is 0 Å². The summed E-state index contributed by atoms with van der Waals surface area (Å²) in [7, 11) is 0. The molecule has 0 aliphatic carbocycles. The van der Waals surface area contributed by atoms with Crippen LogP contribution in [0.1, 0.15) is 26.2 Å². The molecule has 0 atom stereocenters. The number of nitrogens with zero attached hydrogens (tertiary/aromatic N) is 1. The summed E-state index contributed by atoms with van der Waals surface area (Å²) >= 11 is 0. The number of amides is 1. The summed E-state index contributed by atoms with van der Waals surface area (Å²) in [4.78, 5) is 13.5. The van der Waals surface area contributed by atoms with Crippen LogP contribution in [0.2, 0.25) is 0 Å². The molecule has 1 aliphatic rings. The van der Waals surface area contributed by atoms with Crippen LogP contribution < -0.4 is 15.5 Å². The average molecular weight is 309 g/mol. The zero-order chi connectivity index (χ0) is 16.1. The molecule has 1 amide bonds. The normalized spacial score (nSPS) is 14.4. The predicted molar refractivity (Wildman–Crippen MR) is 96.5 cm³/mol. The molecule has 2 aromatic rings. The Morgan fingerprint density at radius 2 is 1.35 bits per heavy atom. The third kappa shape index (κ3) is 4.25. The fraction of sp³-hybridized carbons (Fsp3) is 0.316. The van der Waals surface area contributed by atoms with E-state index in [-0.39, 0.29) is 5.91 Å². The second-order valence-electron chi connectivity index (χ2n) is 5.98. The number of piperidine rings is 1. The summed E-state index contributed by atoms with van der Waals surface area (Å²) in [5, 5.41) is 6.15. The van der Waals surface area contributed by atoms with Crippen LogP contribution >= 0.6 is 0 Å². The summed E-state index contributed by atoms with van der Waals surface area (Å²) in [5.74, 6) is -0.0565. The van der Waals surface area contributed by atoms with Crippen LogP contribution in [0, 0.1) is 0 Å². The zero-order valence-corrected chi connectivity index (χ0v) is 13.5. The first-order valence-corrected chi connectivity index (χ1v) is 8.20. The number of carbonyl (C=O) groups is 1. The van der Waals surface area contributed by atoms with Gasteiger partial charge in [-0.05, 0) is 67.8 Å². The van der Waals surface area contributed by atoms with E-state index in [2.05, 4.69) is 39.8 Å². The van der Waals surface area contributed by atoms with Crippen molar-refractivity contribution in [2.24, 2.45) is 0 Å². The number of hydrogen-bond donors (Lipinski definition) is 2. The lowest BCUT2D eigenvalue weighted by atomic mass is 10.1. The van der Waals surface area contributed by atoms with Gasteiger partial charge in [-0.25, -0.2) is 0 Å². The molecule has 2 aromatic carbocycles. The Morgan fingerprint density at radius 3 is 1.91 bits per heavy atom. The van der Waals surface area contributed by atoms with Gasteiger partial charge in [0, 0.05) is 42.8 Å². The van der Waals surface area contributed by atoms with Gasteiger partial charge in [-0.1, -0.05) is 0 Å². The predicted octanol–water partition coefficient (Wildman–Crippen LogP) is 4.38. The van der Waals surface area contributed by atoms with Crippen LogP contribution in [0.5, 0.6) is 0 Å². The lowest BCUT2D eigenvalue weighted by Crippen LogP contribution is -2.29. The molecule has 0 saturated carbocycles. The highest BCUT2D eigenvalue weighted by atomic mass is 16.1. The van der Waals surface area contributed by atoms with Crippen LogP contribution in [0.15, 0.2) is 48.5 Å². The van der Waals surface area contributed by atoms with E-state index in [0.717, 1.165) is 30.2 Å². The Labute approximate surface area is 137 Å². The van der Waals surface area contributed by atoms with Crippen LogP contribution in [-0.2, 0) is 4.79 Å². The second kappa shape index (κ2) is 7.18. The smallest absolute Gasteiger partial charge is 0.221 e. The van der Waals surface area contributed by atoms with Crippen molar-refractivity contribution in [3.8, 4) is 0 Å². The minimum Gasteiger partial charge on any atom is -0.372 e. The van der Waals surface area contributed by atoms with Crippen LogP contribution in [0.4, 0.5) is 22.7 Å². The van der Waals surface area contributed by atoms with Crippen molar-refractivity contribution in [2.75, 3.05) is 28.6 Å². The van der Waals surface area contributed by atoms with Gasteiger partial charge in [0.05, 0.1) is 0 Å². The van der Waals surface area contributed by atoms with E-state index in [1.54, 1.807) is 0 Å². The van der Waals surface area contributed by atoms with Gasteiger partial charge in [-0.2, -0.15) is 0 Å². The van der Waals surface area contributed by atoms with Gasteiger partial charge >= 0.3 is 0 Å². The molecular weight excluding hydrogens is 286 g/mol. The maximum Gasteiger partial charge on any atom is 0.221 e. The van der Waals surface area contributed by atoms with E-state index in [0.29, 0.717) is 0 Å². The quantitative estimate of drug-likeness (QED) is 0.881. The van der Waals surface area contributed by atoms with E-state index in [1.807, 2.05) is 24.3 Å². The first-order valence-electron chi connectivity index (χ1n) is 8.20. The van der Waals surface area contributed by atoms with Crippen LogP contribution in [0.25, 0.3) is 0 Å². The Morgan fingerprint density at radius 1 is 0.826 bits per heavy atom. The Bertz CT molecular complexity index is 643. The standard InChI is InChI=1S/C19H23N3O/c1-15(23)20-16-5-7-17(8-6-16)21-18-9-11-19(12-10-18)22-13-3-2-4-14-22/h5-12,21H,2-4,13-14H2,1H3,(H,20,23). The molecule has 1 heterocycles. The van der Waals surface area contributed by atoms with Gasteiger partial charge in [0.2, 0.25) is 5.91 Å². The third-order valence-corrected chi connectivity index (χ3v) is 4.08. The molecule has 0 aromatic heterocycles. The number of rotatable bonds is 4. The first-order chi connectivity index (χ1) is 11.2. The van der Waals surface area contributed by atoms with Crippen molar-refractivity contribution in [3.05, 3.63) is 48.5 Å². The molecular formula is C19H23N3O. The molecule has 4 heteroatoms. The van der Waals surface area contributed by atoms with Crippen molar-refractivity contribution in [2.45, 2.75) is 26.2 Å². The van der Waals surface area contributed by atoms with E-state index >= 15 is 0 Å². The molecule has 2 N–H and O–H groups in total. The lowest BCUT2D eigenvalue weighted by molar-refractivity contribution is -0.114. The topological polar surface area (TPSA) is 44.4 Å². The highest BCUT2D eigenvalue weighted by Crippen LogP contribution is 2.24. The maximum atomic E-state index is 11.0. The van der Waals surface area contributed by atoms with Crippen molar-refractivity contribution in [1.29, 1.82) is 0 Å². The maximum absolute atomic E-state index is 11.0.